The third-order valence-corrected chi connectivity index (χ3v) is 3.69. The number of carbonyl (C=O) groups excluding carboxylic acids is 1. The summed E-state index contributed by atoms with van der Waals surface area (Å²) in [7, 11) is 0. The second-order valence-corrected chi connectivity index (χ2v) is 5.47. The Labute approximate surface area is 121 Å². The van der Waals surface area contributed by atoms with Crippen molar-refractivity contribution < 1.29 is 23.5 Å². The van der Waals surface area contributed by atoms with Crippen molar-refractivity contribution in [1.82, 2.24) is 4.90 Å². The van der Waals surface area contributed by atoms with Crippen molar-refractivity contribution in [3.63, 3.8) is 0 Å². The topological polar surface area (TPSA) is 57.6 Å². The second-order valence-electron chi connectivity index (χ2n) is 5.47. The number of hydrogen-bond acceptors (Lipinski definition) is 2. The zero-order valence-electron chi connectivity index (χ0n) is 11.7. The van der Waals surface area contributed by atoms with Gasteiger partial charge in [0.25, 0.3) is 0 Å². The standard InChI is InChI=1S/C15H17F2NO3/c1-9-6-11(9)15(21)18(5-4-14(19)20)8-10-2-3-12(16)13(17)7-10/h2-3,7,9,11H,4-6,8H2,1H3,(H,19,20)/t9-,11-/m0/s1. The van der Waals surface area contributed by atoms with Gasteiger partial charge in [0.2, 0.25) is 5.91 Å². The van der Waals surface area contributed by atoms with E-state index in [-0.39, 0.29) is 31.3 Å². The molecule has 2 atom stereocenters. The fraction of sp³-hybridized carbons (Fsp3) is 0.467. The van der Waals surface area contributed by atoms with E-state index in [2.05, 4.69) is 0 Å². The molecule has 1 saturated carbocycles. The second kappa shape index (κ2) is 6.20. The Morgan fingerprint density at radius 3 is 2.52 bits per heavy atom. The van der Waals surface area contributed by atoms with Crippen LogP contribution in [-0.2, 0) is 16.1 Å². The Kier molecular flexibility index (Phi) is 4.55. The van der Waals surface area contributed by atoms with Gasteiger partial charge in [-0.15, -0.1) is 0 Å². The van der Waals surface area contributed by atoms with Gasteiger partial charge in [-0.1, -0.05) is 13.0 Å². The summed E-state index contributed by atoms with van der Waals surface area (Å²) in [5, 5.41) is 8.75. The molecule has 6 heteroatoms. The van der Waals surface area contributed by atoms with Crippen LogP contribution in [0.1, 0.15) is 25.3 Å². The molecular formula is C15H17F2NO3. The normalized spacial score (nSPS) is 20.1. The van der Waals surface area contributed by atoms with Crippen LogP contribution < -0.4 is 0 Å². The molecule has 0 aliphatic heterocycles. The van der Waals surface area contributed by atoms with Crippen LogP contribution in [0.3, 0.4) is 0 Å². The highest BCUT2D eigenvalue weighted by Gasteiger charge is 2.41. The largest absolute Gasteiger partial charge is 0.481 e. The molecule has 1 aromatic carbocycles. The average molecular weight is 297 g/mol. The number of nitrogens with zero attached hydrogens (tertiary/aromatic N) is 1. The summed E-state index contributed by atoms with van der Waals surface area (Å²) >= 11 is 0. The highest BCUT2D eigenvalue weighted by Crippen LogP contribution is 2.39. The van der Waals surface area contributed by atoms with E-state index in [0.717, 1.165) is 18.6 Å². The lowest BCUT2D eigenvalue weighted by molar-refractivity contribution is -0.139. The molecule has 1 amide bonds. The number of carbonyl (C=O) groups is 2. The van der Waals surface area contributed by atoms with E-state index in [9.17, 15) is 18.4 Å². The van der Waals surface area contributed by atoms with Gasteiger partial charge in [-0.3, -0.25) is 9.59 Å². The van der Waals surface area contributed by atoms with Crippen LogP contribution in [0.2, 0.25) is 0 Å². The predicted octanol–water partition coefficient (Wildman–Crippen LogP) is 2.42. The molecule has 0 heterocycles. The molecule has 1 N–H and O–H groups in total. The summed E-state index contributed by atoms with van der Waals surface area (Å²) < 4.78 is 26.1. The first kappa shape index (κ1) is 15.4. The molecule has 4 nitrogen and oxygen atoms in total. The van der Waals surface area contributed by atoms with Crippen molar-refractivity contribution >= 4 is 11.9 Å². The molecule has 0 saturated heterocycles. The average Bonchev–Trinajstić information content (AvgIpc) is 3.14. The lowest BCUT2D eigenvalue weighted by Gasteiger charge is -2.22. The van der Waals surface area contributed by atoms with Gasteiger partial charge in [-0.25, -0.2) is 8.78 Å². The number of carboxylic acids is 1. The number of carboxylic acid groups (broad SMARTS) is 1. The van der Waals surface area contributed by atoms with E-state index in [4.69, 9.17) is 5.11 Å². The molecule has 0 spiro atoms. The van der Waals surface area contributed by atoms with E-state index >= 15 is 0 Å². The zero-order valence-corrected chi connectivity index (χ0v) is 11.7. The highest BCUT2D eigenvalue weighted by molar-refractivity contribution is 5.82. The Morgan fingerprint density at radius 1 is 1.33 bits per heavy atom. The number of benzene rings is 1. The number of amides is 1. The molecule has 1 aliphatic rings. The summed E-state index contributed by atoms with van der Waals surface area (Å²) in [4.78, 5) is 24.3. The van der Waals surface area contributed by atoms with Gasteiger partial charge in [-0.05, 0) is 30.0 Å². The smallest absolute Gasteiger partial charge is 0.305 e. The first-order valence-corrected chi connectivity index (χ1v) is 6.83. The van der Waals surface area contributed by atoms with Crippen LogP contribution in [0.15, 0.2) is 18.2 Å². The fourth-order valence-electron chi connectivity index (χ4n) is 2.26. The quantitative estimate of drug-likeness (QED) is 0.877. The summed E-state index contributed by atoms with van der Waals surface area (Å²) in [5.74, 6) is -2.81. The van der Waals surface area contributed by atoms with Crippen LogP contribution >= 0.6 is 0 Å². The van der Waals surface area contributed by atoms with Crippen molar-refractivity contribution in [2.75, 3.05) is 6.54 Å². The van der Waals surface area contributed by atoms with Crippen LogP contribution in [-0.4, -0.2) is 28.4 Å². The minimum Gasteiger partial charge on any atom is -0.481 e. The van der Waals surface area contributed by atoms with Crippen molar-refractivity contribution in [1.29, 1.82) is 0 Å². The number of hydrogen-bond donors (Lipinski definition) is 1. The third-order valence-electron chi connectivity index (χ3n) is 3.69. The van der Waals surface area contributed by atoms with Gasteiger partial charge in [0, 0.05) is 19.0 Å². The first-order chi connectivity index (χ1) is 9.88. The van der Waals surface area contributed by atoms with Crippen molar-refractivity contribution in [2.24, 2.45) is 11.8 Å². The molecule has 0 bridgehead atoms. The number of aliphatic carboxylic acids is 1. The van der Waals surface area contributed by atoms with Crippen molar-refractivity contribution in [2.45, 2.75) is 26.3 Å². The lowest BCUT2D eigenvalue weighted by atomic mass is 10.1. The zero-order chi connectivity index (χ0) is 15.6. The third kappa shape index (κ3) is 4.00. The molecule has 1 aromatic rings. The van der Waals surface area contributed by atoms with E-state index in [0.29, 0.717) is 11.5 Å². The monoisotopic (exact) mass is 297 g/mol. The van der Waals surface area contributed by atoms with Gasteiger partial charge < -0.3 is 10.0 Å². The fourth-order valence-corrected chi connectivity index (χ4v) is 2.26. The predicted molar refractivity (Wildman–Crippen MR) is 71.3 cm³/mol. The summed E-state index contributed by atoms with van der Waals surface area (Å²) in [6.07, 6.45) is 0.622. The molecule has 0 aromatic heterocycles. The van der Waals surface area contributed by atoms with E-state index < -0.39 is 17.6 Å². The Hall–Kier alpha value is -1.98. The van der Waals surface area contributed by atoms with Gasteiger partial charge in [0.05, 0.1) is 6.42 Å². The van der Waals surface area contributed by atoms with Gasteiger partial charge in [0.15, 0.2) is 11.6 Å². The maximum atomic E-state index is 13.2. The first-order valence-electron chi connectivity index (χ1n) is 6.83. The minimum absolute atomic E-state index is 0.0659. The highest BCUT2D eigenvalue weighted by atomic mass is 19.2. The maximum Gasteiger partial charge on any atom is 0.305 e. The van der Waals surface area contributed by atoms with Crippen LogP contribution in [0.5, 0.6) is 0 Å². The lowest BCUT2D eigenvalue weighted by Crippen LogP contribution is -2.34. The molecule has 0 radical (unpaired) electrons. The van der Waals surface area contributed by atoms with E-state index in [1.807, 2.05) is 6.92 Å². The van der Waals surface area contributed by atoms with Gasteiger partial charge >= 0.3 is 5.97 Å². The van der Waals surface area contributed by atoms with Crippen LogP contribution in [0.4, 0.5) is 8.78 Å². The summed E-state index contributed by atoms with van der Waals surface area (Å²) in [6.45, 7) is 2.11. The Balaban J connectivity index is 2.08. The molecule has 0 unspecified atom stereocenters. The van der Waals surface area contributed by atoms with Gasteiger partial charge in [-0.2, -0.15) is 0 Å². The van der Waals surface area contributed by atoms with E-state index in [1.54, 1.807) is 0 Å². The molecular weight excluding hydrogens is 280 g/mol. The molecule has 114 valence electrons. The molecule has 21 heavy (non-hydrogen) atoms. The van der Waals surface area contributed by atoms with Crippen molar-refractivity contribution in [3.05, 3.63) is 35.4 Å². The summed E-state index contributed by atoms with van der Waals surface area (Å²) in [6, 6.07) is 3.44. The molecule has 1 aliphatic carbocycles. The Bertz CT molecular complexity index is 562. The minimum atomic E-state index is -0.998. The van der Waals surface area contributed by atoms with Crippen LogP contribution in [0.25, 0.3) is 0 Å². The SMILES string of the molecule is C[C@H]1C[C@@H]1C(=O)N(CCC(=O)O)Cc1ccc(F)c(F)c1. The number of halogens is 2. The van der Waals surface area contributed by atoms with Crippen LogP contribution in [0, 0.1) is 23.5 Å². The molecule has 2 rings (SSSR count). The summed E-state index contributed by atoms with van der Waals surface area (Å²) in [5.41, 5.74) is 0.445. The van der Waals surface area contributed by atoms with Crippen molar-refractivity contribution in [3.8, 4) is 0 Å². The van der Waals surface area contributed by atoms with E-state index in [1.165, 1.54) is 11.0 Å². The van der Waals surface area contributed by atoms with Gasteiger partial charge in [0.1, 0.15) is 0 Å². The molecule has 1 fully saturated rings. The maximum absolute atomic E-state index is 13.2. The Morgan fingerprint density at radius 2 is 2.00 bits per heavy atom. The number of rotatable bonds is 6.